The summed E-state index contributed by atoms with van der Waals surface area (Å²) < 4.78 is 39.8. The molecule has 0 atom stereocenters. The van der Waals surface area contributed by atoms with Crippen LogP contribution in [0.3, 0.4) is 0 Å². The van der Waals surface area contributed by atoms with Crippen LogP contribution in [0.15, 0.2) is 65.8 Å². The highest BCUT2D eigenvalue weighted by atomic mass is 35.5. The number of hydrogen-bond donors (Lipinski definition) is 3. The number of likely N-dealkylation sites (tertiary alicyclic amines) is 1. The number of hydrazone groups is 1. The zero-order chi connectivity index (χ0) is 32.0. The fourth-order valence-electron chi connectivity index (χ4n) is 5.59. The zero-order valence-electron chi connectivity index (χ0n) is 24.6. The number of amides is 2. The molecule has 2 amide bonds. The highest BCUT2D eigenvalue weighted by Crippen LogP contribution is 2.35. The van der Waals surface area contributed by atoms with E-state index in [0.29, 0.717) is 12.1 Å². The van der Waals surface area contributed by atoms with E-state index < -0.39 is 28.6 Å². The van der Waals surface area contributed by atoms with Crippen LogP contribution >= 0.6 is 11.6 Å². The molecule has 3 aromatic rings. The molecule has 2 aliphatic rings. The Kier molecular flexibility index (Phi) is 10.4. The third-order valence-electron chi connectivity index (χ3n) is 8.05. The van der Waals surface area contributed by atoms with Crippen molar-refractivity contribution in [3.05, 3.63) is 93.5 Å². The third kappa shape index (κ3) is 8.62. The van der Waals surface area contributed by atoms with Gasteiger partial charge in [0.2, 0.25) is 0 Å². The fourth-order valence-corrected chi connectivity index (χ4v) is 5.81. The lowest BCUT2D eigenvalue weighted by Crippen LogP contribution is -2.35. The summed E-state index contributed by atoms with van der Waals surface area (Å²) in [6.45, 7) is 3.90. The minimum Gasteiger partial charge on any atom is -0.393 e. The summed E-state index contributed by atoms with van der Waals surface area (Å²) in [6.07, 6.45) is 0.823. The van der Waals surface area contributed by atoms with Gasteiger partial charge in [0.25, 0.3) is 11.8 Å². The standard InChI is InChI=1S/C33H35ClF3N5O3/c34-29-9-7-22(18-28(29)33(35,36)37)20-38-40-32(45)27-19-25(42-13-2-1-3-14-42)8-10-30(27)39-31(44)24-6-4-5-23(17-24)21-41-15-11-26(43)12-16-41/h4-10,17-20,26,43H,1-3,11-16,21H2,(H,39,44)(H,40,45)/b38-20+. The second-order valence-corrected chi connectivity index (χ2v) is 11.8. The smallest absolute Gasteiger partial charge is 0.393 e. The number of halogens is 4. The molecule has 2 heterocycles. The second kappa shape index (κ2) is 14.4. The molecule has 0 saturated carbocycles. The first kappa shape index (κ1) is 32.5. The van der Waals surface area contributed by atoms with Crippen LogP contribution in [-0.2, 0) is 12.7 Å². The van der Waals surface area contributed by atoms with E-state index in [1.807, 2.05) is 24.3 Å². The minimum absolute atomic E-state index is 0.100. The number of hydrogen-bond acceptors (Lipinski definition) is 6. The van der Waals surface area contributed by atoms with E-state index in [4.69, 9.17) is 11.6 Å². The summed E-state index contributed by atoms with van der Waals surface area (Å²) in [5.74, 6) is -1.03. The average Bonchev–Trinajstić information content (AvgIpc) is 3.03. The maximum absolute atomic E-state index is 13.4. The Morgan fingerprint density at radius 3 is 2.44 bits per heavy atom. The SMILES string of the molecule is O=C(Nc1ccc(N2CCCCC2)cc1C(=O)N/N=C/c1ccc(Cl)c(C(F)(F)F)c1)c1cccc(CN2CCC(O)CC2)c1. The number of anilines is 2. The van der Waals surface area contributed by atoms with Crippen LogP contribution in [-0.4, -0.2) is 60.3 Å². The molecule has 0 bridgehead atoms. The number of carbonyl (C=O) groups excluding carboxylic acids is 2. The van der Waals surface area contributed by atoms with Crippen molar-refractivity contribution in [3.63, 3.8) is 0 Å². The van der Waals surface area contributed by atoms with E-state index in [9.17, 15) is 27.9 Å². The Bertz CT molecular complexity index is 1550. The van der Waals surface area contributed by atoms with E-state index in [-0.39, 0.29) is 22.9 Å². The molecule has 5 rings (SSSR count). The predicted molar refractivity (Wildman–Crippen MR) is 169 cm³/mol. The Balaban J connectivity index is 1.34. The fraction of sp³-hybridized carbons (Fsp3) is 0.364. The summed E-state index contributed by atoms with van der Waals surface area (Å²) in [7, 11) is 0. The number of alkyl halides is 3. The zero-order valence-corrected chi connectivity index (χ0v) is 25.4. The molecule has 12 heteroatoms. The first-order valence-electron chi connectivity index (χ1n) is 15.0. The van der Waals surface area contributed by atoms with Crippen LogP contribution in [0.2, 0.25) is 5.02 Å². The van der Waals surface area contributed by atoms with Crippen molar-refractivity contribution in [3.8, 4) is 0 Å². The number of carbonyl (C=O) groups is 2. The van der Waals surface area contributed by atoms with Gasteiger partial charge in [0.1, 0.15) is 0 Å². The Morgan fingerprint density at radius 2 is 1.71 bits per heavy atom. The largest absolute Gasteiger partial charge is 0.417 e. The monoisotopic (exact) mass is 641 g/mol. The molecule has 2 fully saturated rings. The molecule has 3 N–H and O–H groups in total. The van der Waals surface area contributed by atoms with Gasteiger partial charge in [0, 0.05) is 44.0 Å². The number of rotatable bonds is 8. The van der Waals surface area contributed by atoms with Crippen LogP contribution < -0.4 is 15.6 Å². The molecule has 0 spiro atoms. The van der Waals surface area contributed by atoms with Crippen LogP contribution in [0.5, 0.6) is 0 Å². The van der Waals surface area contributed by atoms with Crippen molar-refractivity contribution in [1.29, 1.82) is 0 Å². The first-order chi connectivity index (χ1) is 21.6. The van der Waals surface area contributed by atoms with Crippen molar-refractivity contribution in [2.45, 2.75) is 50.9 Å². The third-order valence-corrected chi connectivity index (χ3v) is 8.37. The number of nitrogens with zero attached hydrogens (tertiary/aromatic N) is 3. The van der Waals surface area contributed by atoms with Gasteiger partial charge in [-0.1, -0.05) is 29.8 Å². The second-order valence-electron chi connectivity index (χ2n) is 11.4. The summed E-state index contributed by atoms with van der Waals surface area (Å²) in [4.78, 5) is 31.1. The van der Waals surface area contributed by atoms with Crippen molar-refractivity contribution in [2.75, 3.05) is 36.4 Å². The molecule has 0 aromatic heterocycles. The Hall–Kier alpha value is -3.93. The highest BCUT2D eigenvalue weighted by molar-refractivity contribution is 6.31. The van der Waals surface area contributed by atoms with Gasteiger partial charge in [0.15, 0.2) is 0 Å². The average molecular weight is 642 g/mol. The molecular weight excluding hydrogens is 607 g/mol. The maximum atomic E-state index is 13.4. The molecule has 8 nitrogen and oxygen atoms in total. The lowest BCUT2D eigenvalue weighted by molar-refractivity contribution is -0.137. The molecule has 2 aliphatic heterocycles. The quantitative estimate of drug-likeness (QED) is 0.198. The Labute approximate surface area is 264 Å². The molecule has 3 aromatic carbocycles. The van der Waals surface area contributed by atoms with E-state index in [0.717, 1.165) is 87.9 Å². The van der Waals surface area contributed by atoms with Gasteiger partial charge in [-0.15, -0.1) is 0 Å². The van der Waals surface area contributed by atoms with Gasteiger partial charge < -0.3 is 15.3 Å². The molecule has 2 saturated heterocycles. The van der Waals surface area contributed by atoms with Gasteiger partial charge in [0.05, 0.1) is 34.2 Å². The van der Waals surface area contributed by atoms with Gasteiger partial charge in [-0.25, -0.2) is 5.43 Å². The number of nitrogens with one attached hydrogen (secondary N) is 2. The van der Waals surface area contributed by atoms with E-state index >= 15 is 0 Å². The number of aliphatic hydroxyl groups is 1. The van der Waals surface area contributed by atoms with Crippen molar-refractivity contribution in [1.82, 2.24) is 10.3 Å². The predicted octanol–water partition coefficient (Wildman–Crippen LogP) is 6.32. The van der Waals surface area contributed by atoms with Crippen LogP contribution in [0.1, 0.15) is 69.5 Å². The number of piperidine rings is 2. The summed E-state index contributed by atoms with van der Waals surface area (Å²) in [6, 6.07) is 15.8. The molecule has 0 aliphatic carbocycles. The van der Waals surface area contributed by atoms with Crippen molar-refractivity contribution < 1.29 is 27.9 Å². The molecule has 45 heavy (non-hydrogen) atoms. The van der Waals surface area contributed by atoms with Gasteiger partial charge in [-0.2, -0.15) is 18.3 Å². The molecule has 0 radical (unpaired) electrons. The van der Waals surface area contributed by atoms with Gasteiger partial charge in [-0.05, 0) is 85.7 Å². The number of aliphatic hydroxyl groups excluding tert-OH is 1. The van der Waals surface area contributed by atoms with Crippen LogP contribution in [0.4, 0.5) is 24.5 Å². The highest BCUT2D eigenvalue weighted by Gasteiger charge is 2.33. The minimum atomic E-state index is -4.64. The molecule has 0 unspecified atom stereocenters. The molecule has 238 valence electrons. The van der Waals surface area contributed by atoms with Crippen LogP contribution in [0, 0.1) is 0 Å². The van der Waals surface area contributed by atoms with Gasteiger partial charge >= 0.3 is 6.18 Å². The topological polar surface area (TPSA) is 97.3 Å². The normalized spacial score (nSPS) is 16.6. The number of benzene rings is 3. The lowest BCUT2D eigenvalue weighted by Gasteiger charge is -2.29. The maximum Gasteiger partial charge on any atom is 0.417 e. The summed E-state index contributed by atoms with van der Waals surface area (Å²) in [5.41, 5.74) is 4.13. The van der Waals surface area contributed by atoms with Gasteiger partial charge in [-0.3, -0.25) is 14.5 Å². The van der Waals surface area contributed by atoms with Crippen molar-refractivity contribution >= 4 is 41.0 Å². The first-order valence-corrected chi connectivity index (χ1v) is 15.3. The van der Waals surface area contributed by atoms with Crippen LogP contribution in [0.25, 0.3) is 0 Å². The van der Waals surface area contributed by atoms with Crippen molar-refractivity contribution in [2.24, 2.45) is 5.10 Å². The lowest BCUT2D eigenvalue weighted by atomic mass is 10.0. The molecular formula is C33H35ClF3N5O3. The van der Waals surface area contributed by atoms with E-state index in [2.05, 4.69) is 25.6 Å². The Morgan fingerprint density at radius 1 is 0.956 bits per heavy atom. The summed E-state index contributed by atoms with van der Waals surface area (Å²) in [5, 5.41) is 16.1. The van der Waals surface area contributed by atoms with E-state index in [1.54, 1.807) is 18.2 Å². The summed E-state index contributed by atoms with van der Waals surface area (Å²) >= 11 is 5.70. The van der Waals surface area contributed by atoms with E-state index in [1.165, 1.54) is 6.07 Å².